The van der Waals surface area contributed by atoms with E-state index in [1.807, 2.05) is 54.6 Å². The molecule has 0 spiro atoms. The Kier molecular flexibility index (Phi) is 6.88. The molecule has 1 atom stereocenters. The number of aliphatic hydroxyl groups excluding tert-OH is 1. The molecule has 34 heavy (non-hydrogen) atoms. The summed E-state index contributed by atoms with van der Waals surface area (Å²) in [5, 5.41) is 14.9. The first-order valence-corrected chi connectivity index (χ1v) is 10.9. The molecule has 0 saturated heterocycles. The Bertz CT molecular complexity index is 1400. The van der Waals surface area contributed by atoms with Crippen LogP contribution in [0, 0.1) is 0 Å². The van der Waals surface area contributed by atoms with E-state index in [2.05, 4.69) is 27.4 Å². The van der Waals surface area contributed by atoms with E-state index < -0.39 is 17.4 Å². The Morgan fingerprint density at radius 1 is 1.18 bits per heavy atom. The van der Waals surface area contributed by atoms with Crippen molar-refractivity contribution in [3.05, 3.63) is 86.6 Å². The number of nitrogens with one attached hydrogen (secondary N) is 2. The Labute approximate surface area is 195 Å². The molecule has 0 bridgehead atoms. The largest absolute Gasteiger partial charge is 0.491 e. The highest BCUT2D eigenvalue weighted by Gasteiger charge is 2.20. The fourth-order valence-electron chi connectivity index (χ4n) is 3.48. The Hall–Kier alpha value is -4.18. The van der Waals surface area contributed by atoms with Gasteiger partial charge in [0.1, 0.15) is 18.5 Å². The number of aromatic amines is 1. The molecule has 4 rings (SSSR count). The van der Waals surface area contributed by atoms with Gasteiger partial charge in [0.2, 0.25) is 5.95 Å². The average Bonchev–Trinajstić information content (AvgIpc) is 3.21. The van der Waals surface area contributed by atoms with Crippen molar-refractivity contribution >= 4 is 23.3 Å². The minimum atomic E-state index is -0.960. The lowest BCUT2D eigenvalue weighted by atomic mass is 10.2. The van der Waals surface area contributed by atoms with Gasteiger partial charge in [0, 0.05) is 7.05 Å². The Morgan fingerprint density at radius 3 is 2.62 bits per heavy atom. The zero-order chi connectivity index (χ0) is 24.1. The predicted octanol–water partition coefficient (Wildman–Crippen LogP) is 1.87. The van der Waals surface area contributed by atoms with Crippen LogP contribution in [-0.2, 0) is 20.0 Å². The van der Waals surface area contributed by atoms with Crippen LogP contribution in [0.1, 0.15) is 18.1 Å². The molecule has 0 aliphatic rings. The highest BCUT2D eigenvalue weighted by molar-refractivity contribution is 5.80. The third-order valence-corrected chi connectivity index (χ3v) is 5.35. The van der Waals surface area contributed by atoms with Crippen LogP contribution < -0.4 is 21.4 Å². The van der Waals surface area contributed by atoms with E-state index in [1.165, 1.54) is 21.7 Å². The second-order valence-corrected chi connectivity index (χ2v) is 7.78. The Morgan fingerprint density at radius 2 is 1.91 bits per heavy atom. The number of anilines is 1. The third kappa shape index (κ3) is 5.07. The van der Waals surface area contributed by atoms with Crippen LogP contribution in [0.3, 0.4) is 0 Å². The third-order valence-electron chi connectivity index (χ3n) is 5.35. The maximum absolute atomic E-state index is 12.6. The topological polar surface area (TPSA) is 127 Å². The second-order valence-electron chi connectivity index (χ2n) is 7.78. The van der Waals surface area contributed by atoms with Crippen molar-refractivity contribution < 1.29 is 9.84 Å². The van der Waals surface area contributed by atoms with Crippen LogP contribution >= 0.6 is 0 Å². The predicted molar refractivity (Wildman–Crippen MR) is 131 cm³/mol. The maximum Gasteiger partial charge on any atom is 0.329 e. The van der Waals surface area contributed by atoms with Crippen molar-refractivity contribution in [2.75, 3.05) is 12.0 Å². The number of imidazole rings is 1. The van der Waals surface area contributed by atoms with E-state index in [0.717, 1.165) is 12.0 Å². The summed E-state index contributed by atoms with van der Waals surface area (Å²) in [6, 6.07) is 17.1. The summed E-state index contributed by atoms with van der Waals surface area (Å²) in [6.45, 7) is 2.07. The lowest BCUT2D eigenvalue weighted by Gasteiger charge is -2.15. The van der Waals surface area contributed by atoms with Gasteiger partial charge in [-0.15, -0.1) is 0 Å². The summed E-state index contributed by atoms with van der Waals surface area (Å²) in [4.78, 5) is 31.3. The van der Waals surface area contributed by atoms with Gasteiger partial charge in [0.15, 0.2) is 11.2 Å². The minimum Gasteiger partial charge on any atom is -0.491 e. The number of aryl methyl sites for hydroxylation is 2. The van der Waals surface area contributed by atoms with Gasteiger partial charge in [-0.3, -0.25) is 14.3 Å². The van der Waals surface area contributed by atoms with E-state index in [-0.39, 0.29) is 30.3 Å². The molecule has 0 fully saturated rings. The molecule has 0 aliphatic heterocycles. The molecule has 0 unspecified atom stereocenters. The summed E-state index contributed by atoms with van der Waals surface area (Å²) in [5.41, 5.74) is 4.01. The number of H-pyrrole nitrogens is 1. The molecule has 0 amide bonds. The molecule has 0 radical (unpaired) electrons. The fraction of sp³-hybridized carbons (Fsp3) is 0.250. The molecule has 3 N–H and O–H groups in total. The maximum atomic E-state index is 12.6. The van der Waals surface area contributed by atoms with Gasteiger partial charge >= 0.3 is 5.69 Å². The van der Waals surface area contributed by atoms with Gasteiger partial charge in [-0.25, -0.2) is 10.2 Å². The van der Waals surface area contributed by atoms with Gasteiger partial charge in [-0.2, -0.15) is 10.1 Å². The Balaban J connectivity index is 1.59. The molecule has 0 aliphatic carbocycles. The monoisotopic (exact) mass is 462 g/mol. The number of ether oxygens (including phenoxy) is 1. The van der Waals surface area contributed by atoms with Gasteiger partial charge in [-0.1, -0.05) is 49.4 Å². The molecule has 2 heterocycles. The number of rotatable bonds is 9. The van der Waals surface area contributed by atoms with Crippen LogP contribution in [-0.4, -0.2) is 43.1 Å². The van der Waals surface area contributed by atoms with Crippen molar-refractivity contribution in [1.29, 1.82) is 0 Å². The molecule has 10 heteroatoms. The first-order chi connectivity index (χ1) is 16.5. The van der Waals surface area contributed by atoms with Crippen molar-refractivity contribution in [3.63, 3.8) is 0 Å². The molecule has 4 aromatic rings. The summed E-state index contributed by atoms with van der Waals surface area (Å²) in [5.74, 6) is 0.845. The normalized spacial score (nSPS) is 12.3. The lowest BCUT2D eigenvalue weighted by molar-refractivity contribution is 0.0938. The standard InChI is InChI=1S/C24H26N6O4/c1-3-16-9-11-19(12-10-16)34-15-18(31)14-30-20-21(29(2)24(33)27-22(20)32)26-23(30)28-25-13-17-7-5-4-6-8-17/h4-13,18,31H,3,14-15H2,1-2H3,(H,26,28)(H,27,32,33)/b25-13-/t18-/m1/s1. The number of hydrogen-bond acceptors (Lipinski definition) is 7. The van der Waals surface area contributed by atoms with E-state index >= 15 is 0 Å². The first kappa shape index (κ1) is 23.0. The lowest BCUT2D eigenvalue weighted by Crippen LogP contribution is -2.30. The zero-order valence-corrected chi connectivity index (χ0v) is 18.9. The van der Waals surface area contributed by atoms with Crippen LogP contribution in [0.4, 0.5) is 5.95 Å². The molecular formula is C24H26N6O4. The fourth-order valence-corrected chi connectivity index (χ4v) is 3.48. The SMILES string of the molecule is CCc1ccc(OC[C@H](O)Cn2c(N/N=C\c3ccccc3)nc3c2c(=O)[nH]c(=O)n3C)cc1. The van der Waals surface area contributed by atoms with E-state index in [4.69, 9.17) is 4.74 Å². The van der Waals surface area contributed by atoms with Crippen molar-refractivity contribution in [1.82, 2.24) is 19.1 Å². The quantitative estimate of drug-likeness (QED) is 0.258. The summed E-state index contributed by atoms with van der Waals surface area (Å²) < 4.78 is 8.43. The van der Waals surface area contributed by atoms with Crippen LogP contribution in [0.15, 0.2) is 69.3 Å². The molecule has 2 aromatic heterocycles. The van der Waals surface area contributed by atoms with E-state index in [0.29, 0.717) is 5.75 Å². The van der Waals surface area contributed by atoms with Gasteiger partial charge in [0.25, 0.3) is 5.56 Å². The first-order valence-electron chi connectivity index (χ1n) is 10.9. The number of nitrogens with zero attached hydrogens (tertiary/aromatic N) is 4. The number of fused-ring (bicyclic) bond motifs is 1. The van der Waals surface area contributed by atoms with Crippen LogP contribution in [0.2, 0.25) is 0 Å². The molecule has 0 saturated carbocycles. The van der Waals surface area contributed by atoms with Gasteiger partial charge < -0.3 is 14.4 Å². The molecular weight excluding hydrogens is 436 g/mol. The second kappa shape index (κ2) is 10.2. The van der Waals surface area contributed by atoms with Crippen LogP contribution in [0.25, 0.3) is 11.2 Å². The van der Waals surface area contributed by atoms with E-state index in [9.17, 15) is 14.7 Å². The average molecular weight is 463 g/mol. The van der Waals surface area contributed by atoms with Crippen molar-refractivity contribution in [3.8, 4) is 5.75 Å². The number of benzene rings is 2. The smallest absolute Gasteiger partial charge is 0.329 e. The summed E-state index contributed by atoms with van der Waals surface area (Å²) >= 11 is 0. The summed E-state index contributed by atoms with van der Waals surface area (Å²) in [7, 11) is 1.51. The van der Waals surface area contributed by atoms with Crippen molar-refractivity contribution in [2.24, 2.45) is 12.1 Å². The number of hydrogen-bond donors (Lipinski definition) is 3. The van der Waals surface area contributed by atoms with Gasteiger partial charge in [0.05, 0.1) is 12.8 Å². The zero-order valence-electron chi connectivity index (χ0n) is 18.9. The molecule has 2 aromatic carbocycles. The van der Waals surface area contributed by atoms with Crippen molar-refractivity contribution in [2.45, 2.75) is 26.0 Å². The van der Waals surface area contributed by atoms with Gasteiger partial charge in [-0.05, 0) is 29.7 Å². The number of hydrazone groups is 1. The molecule has 10 nitrogen and oxygen atoms in total. The highest BCUT2D eigenvalue weighted by Crippen LogP contribution is 2.17. The number of aliphatic hydroxyl groups is 1. The van der Waals surface area contributed by atoms with E-state index in [1.54, 1.807) is 6.21 Å². The minimum absolute atomic E-state index is 0.00152. The summed E-state index contributed by atoms with van der Waals surface area (Å²) in [6.07, 6.45) is 1.57. The number of aromatic nitrogens is 4. The highest BCUT2D eigenvalue weighted by atomic mass is 16.5. The molecule has 176 valence electrons. The van der Waals surface area contributed by atoms with Crippen LogP contribution in [0.5, 0.6) is 5.75 Å².